The average molecular weight is 441 g/mol. The van der Waals surface area contributed by atoms with Crippen molar-refractivity contribution in [1.82, 2.24) is 30.4 Å². The van der Waals surface area contributed by atoms with Crippen LogP contribution in [-0.4, -0.2) is 90.4 Å². The van der Waals surface area contributed by atoms with Crippen molar-refractivity contribution >= 4 is 17.5 Å². The van der Waals surface area contributed by atoms with Gasteiger partial charge in [0.05, 0.1) is 12.2 Å². The number of hydrogen-bond acceptors (Lipinski definition) is 9. The molecule has 0 atom stereocenters. The minimum atomic E-state index is 0.0209. The van der Waals surface area contributed by atoms with Crippen molar-refractivity contribution in [1.29, 1.82) is 0 Å². The molecule has 2 saturated heterocycles. The molecule has 2 aliphatic heterocycles. The number of piperidine rings is 1. The molecular weight excluding hydrogens is 408 g/mol. The number of piperazine rings is 1. The molecule has 2 fully saturated rings. The van der Waals surface area contributed by atoms with Crippen LogP contribution in [-0.2, 0) is 4.79 Å². The van der Waals surface area contributed by atoms with E-state index < -0.39 is 0 Å². The minimum Gasteiger partial charge on any atom is -0.476 e. The van der Waals surface area contributed by atoms with Crippen LogP contribution in [0.5, 0.6) is 5.88 Å². The van der Waals surface area contributed by atoms with Crippen molar-refractivity contribution in [2.24, 2.45) is 5.92 Å². The average Bonchev–Trinajstić information content (AvgIpc) is 2.83. The lowest BCUT2D eigenvalue weighted by molar-refractivity contribution is -0.125. The van der Waals surface area contributed by atoms with Crippen LogP contribution >= 0.6 is 0 Å². The Labute approximate surface area is 189 Å². The van der Waals surface area contributed by atoms with Gasteiger partial charge in [0.1, 0.15) is 18.8 Å². The van der Waals surface area contributed by atoms with Gasteiger partial charge in [0.2, 0.25) is 11.8 Å². The summed E-state index contributed by atoms with van der Waals surface area (Å²) in [5.41, 5.74) is 0.905. The van der Waals surface area contributed by atoms with Gasteiger partial charge in [-0.1, -0.05) is 0 Å². The summed E-state index contributed by atoms with van der Waals surface area (Å²) in [6, 6.07) is 5.83. The van der Waals surface area contributed by atoms with Crippen LogP contribution in [0.4, 0.5) is 11.6 Å². The van der Waals surface area contributed by atoms with Gasteiger partial charge in [-0.15, -0.1) is 5.10 Å². The zero-order valence-corrected chi connectivity index (χ0v) is 18.9. The van der Waals surface area contributed by atoms with Crippen molar-refractivity contribution in [2.75, 3.05) is 69.3 Å². The molecule has 0 spiro atoms. The maximum absolute atomic E-state index is 12.5. The van der Waals surface area contributed by atoms with Crippen molar-refractivity contribution < 1.29 is 9.53 Å². The number of rotatable bonds is 7. The number of hydrogen-bond donors (Lipinski definition) is 1. The predicted octanol–water partition coefficient (Wildman–Crippen LogP) is 0.738. The predicted molar refractivity (Wildman–Crippen MR) is 122 cm³/mol. The number of likely N-dealkylation sites (N-methyl/N-ethyl adjacent to an activating group) is 1. The van der Waals surface area contributed by atoms with Crippen molar-refractivity contribution in [3.63, 3.8) is 0 Å². The molecule has 172 valence electrons. The van der Waals surface area contributed by atoms with Crippen LogP contribution in [0.25, 0.3) is 0 Å². The van der Waals surface area contributed by atoms with Crippen molar-refractivity contribution in [3.05, 3.63) is 30.2 Å². The van der Waals surface area contributed by atoms with E-state index in [0.29, 0.717) is 19.0 Å². The number of carbonyl (C=O) groups excluding carboxylic acids is 1. The molecule has 2 aromatic heterocycles. The summed E-state index contributed by atoms with van der Waals surface area (Å²) in [7, 11) is 2.13. The second kappa shape index (κ2) is 10.5. The smallest absolute Gasteiger partial charge is 0.223 e. The molecule has 4 rings (SSSR count). The van der Waals surface area contributed by atoms with Gasteiger partial charge in [0.25, 0.3) is 0 Å². The van der Waals surface area contributed by atoms with Crippen LogP contribution in [0.1, 0.15) is 18.5 Å². The van der Waals surface area contributed by atoms with E-state index in [-0.39, 0.29) is 11.8 Å². The standard InChI is InChI=1S/C22H32N8O2/c1-17-3-4-19(27-26-17)29-8-5-18(6-9-29)22(31)23-7-14-32-21-15-20(24-16-25-21)30-12-10-28(2)11-13-30/h3-4,15-16,18H,5-14H2,1-2H3,(H,23,31). The van der Waals surface area contributed by atoms with Crippen LogP contribution in [0, 0.1) is 12.8 Å². The van der Waals surface area contributed by atoms with Gasteiger partial charge < -0.3 is 24.8 Å². The van der Waals surface area contributed by atoms with Crippen LogP contribution in [0.2, 0.25) is 0 Å². The summed E-state index contributed by atoms with van der Waals surface area (Å²) in [4.78, 5) is 27.8. The molecule has 0 aromatic carbocycles. The second-order valence-corrected chi connectivity index (χ2v) is 8.44. The first kappa shape index (κ1) is 22.2. The Hall–Kier alpha value is -3.01. The topological polar surface area (TPSA) is 99.6 Å². The molecule has 0 radical (unpaired) electrons. The third-order valence-electron chi connectivity index (χ3n) is 6.08. The third kappa shape index (κ3) is 5.82. The number of nitrogens with zero attached hydrogens (tertiary/aromatic N) is 7. The molecule has 1 amide bonds. The van der Waals surface area contributed by atoms with Crippen molar-refractivity contribution in [2.45, 2.75) is 19.8 Å². The van der Waals surface area contributed by atoms with E-state index in [2.05, 4.69) is 47.2 Å². The van der Waals surface area contributed by atoms with E-state index in [0.717, 1.165) is 69.4 Å². The lowest BCUT2D eigenvalue weighted by Crippen LogP contribution is -2.44. The second-order valence-electron chi connectivity index (χ2n) is 8.44. The number of ether oxygens (including phenoxy) is 1. The van der Waals surface area contributed by atoms with E-state index in [1.54, 1.807) is 0 Å². The lowest BCUT2D eigenvalue weighted by Gasteiger charge is -2.33. The van der Waals surface area contributed by atoms with Crippen LogP contribution < -0.4 is 19.9 Å². The largest absolute Gasteiger partial charge is 0.476 e. The van der Waals surface area contributed by atoms with E-state index in [4.69, 9.17) is 4.74 Å². The lowest BCUT2D eigenvalue weighted by atomic mass is 9.96. The quantitative estimate of drug-likeness (QED) is 0.625. The molecule has 0 unspecified atom stereocenters. The highest BCUT2D eigenvalue weighted by molar-refractivity contribution is 5.78. The molecule has 10 heteroatoms. The fourth-order valence-corrected chi connectivity index (χ4v) is 4.02. The third-order valence-corrected chi connectivity index (χ3v) is 6.08. The van der Waals surface area contributed by atoms with Gasteiger partial charge >= 0.3 is 0 Å². The van der Waals surface area contributed by atoms with Crippen LogP contribution in [0.15, 0.2) is 24.5 Å². The van der Waals surface area contributed by atoms with Gasteiger partial charge in [-0.25, -0.2) is 9.97 Å². The summed E-state index contributed by atoms with van der Waals surface area (Å²) in [5, 5.41) is 11.4. The van der Waals surface area contributed by atoms with Gasteiger partial charge in [-0.05, 0) is 38.9 Å². The Morgan fingerprint density at radius 3 is 2.50 bits per heavy atom. The van der Waals surface area contributed by atoms with Crippen LogP contribution in [0.3, 0.4) is 0 Å². The fraction of sp³-hybridized carbons (Fsp3) is 0.591. The summed E-state index contributed by atoms with van der Waals surface area (Å²) in [6.45, 7) is 8.29. The van der Waals surface area contributed by atoms with E-state index in [9.17, 15) is 4.79 Å². The number of carbonyl (C=O) groups is 1. The molecule has 0 bridgehead atoms. The number of aryl methyl sites for hydroxylation is 1. The zero-order chi connectivity index (χ0) is 22.3. The van der Waals surface area contributed by atoms with Crippen molar-refractivity contribution in [3.8, 4) is 5.88 Å². The van der Waals surface area contributed by atoms with E-state index in [1.807, 2.05) is 25.1 Å². The highest BCUT2D eigenvalue weighted by atomic mass is 16.5. The SMILES string of the molecule is Cc1ccc(N2CCC(C(=O)NCCOc3cc(N4CCN(C)CC4)ncn3)CC2)nn1. The number of amides is 1. The Kier molecular flexibility index (Phi) is 7.31. The molecule has 1 N–H and O–H groups in total. The highest BCUT2D eigenvalue weighted by Crippen LogP contribution is 2.21. The summed E-state index contributed by atoms with van der Waals surface area (Å²) in [6.07, 6.45) is 3.15. The molecule has 0 aliphatic carbocycles. The molecule has 32 heavy (non-hydrogen) atoms. The Morgan fingerprint density at radius 1 is 1.03 bits per heavy atom. The molecule has 2 aromatic rings. The normalized spacial score (nSPS) is 17.9. The first-order chi connectivity index (χ1) is 15.6. The number of aromatic nitrogens is 4. The molecular formula is C22H32N8O2. The first-order valence-electron chi connectivity index (χ1n) is 11.3. The molecule has 10 nitrogen and oxygen atoms in total. The van der Waals surface area contributed by atoms with Gasteiger partial charge in [-0.2, -0.15) is 5.10 Å². The Bertz CT molecular complexity index is 878. The minimum absolute atomic E-state index is 0.0209. The maximum Gasteiger partial charge on any atom is 0.223 e. The first-order valence-corrected chi connectivity index (χ1v) is 11.3. The Balaban J connectivity index is 1.17. The summed E-state index contributed by atoms with van der Waals surface area (Å²) >= 11 is 0. The van der Waals surface area contributed by atoms with E-state index >= 15 is 0 Å². The number of nitrogens with one attached hydrogen (secondary N) is 1. The molecule has 4 heterocycles. The van der Waals surface area contributed by atoms with Gasteiger partial charge in [-0.3, -0.25) is 4.79 Å². The van der Waals surface area contributed by atoms with Gasteiger partial charge in [0.15, 0.2) is 5.82 Å². The molecule has 2 aliphatic rings. The highest BCUT2D eigenvalue weighted by Gasteiger charge is 2.25. The summed E-state index contributed by atoms with van der Waals surface area (Å²) < 4.78 is 5.75. The molecule has 0 saturated carbocycles. The fourth-order valence-electron chi connectivity index (χ4n) is 4.02. The summed E-state index contributed by atoms with van der Waals surface area (Å²) in [5.74, 6) is 2.41. The Morgan fingerprint density at radius 2 is 1.78 bits per heavy atom. The maximum atomic E-state index is 12.5. The number of anilines is 2. The zero-order valence-electron chi connectivity index (χ0n) is 18.9. The monoisotopic (exact) mass is 440 g/mol. The van der Waals surface area contributed by atoms with Gasteiger partial charge in [0, 0.05) is 51.3 Å². The van der Waals surface area contributed by atoms with E-state index in [1.165, 1.54) is 6.33 Å².